The Bertz CT molecular complexity index is 1030. The number of carbonyl (C=O) groups excluding carboxylic acids is 1. The molecule has 1 unspecified atom stereocenters. The molecular formula is C20H25N7O2. The van der Waals surface area contributed by atoms with Gasteiger partial charge in [-0.1, -0.05) is 0 Å². The summed E-state index contributed by atoms with van der Waals surface area (Å²) >= 11 is 0. The largest absolute Gasteiger partial charge is 0.444 e. The molecule has 4 heterocycles. The summed E-state index contributed by atoms with van der Waals surface area (Å²) in [5.74, 6) is 0.572. The maximum Gasteiger partial charge on any atom is 0.410 e. The fourth-order valence-electron chi connectivity index (χ4n) is 3.54. The van der Waals surface area contributed by atoms with Crippen LogP contribution in [0.15, 0.2) is 30.9 Å². The Kier molecular flexibility index (Phi) is 4.81. The Hall–Kier alpha value is -3.23. The van der Waals surface area contributed by atoms with Gasteiger partial charge in [-0.15, -0.1) is 0 Å². The van der Waals surface area contributed by atoms with E-state index in [-0.39, 0.29) is 12.0 Å². The van der Waals surface area contributed by atoms with Gasteiger partial charge in [-0.2, -0.15) is 9.61 Å². The number of nitrogen functional groups attached to an aromatic ring is 1. The lowest BCUT2D eigenvalue weighted by Crippen LogP contribution is -2.42. The van der Waals surface area contributed by atoms with Gasteiger partial charge < -0.3 is 15.4 Å². The molecule has 0 bridgehead atoms. The minimum atomic E-state index is -0.519. The average molecular weight is 395 g/mol. The van der Waals surface area contributed by atoms with Crippen molar-refractivity contribution in [2.24, 2.45) is 0 Å². The van der Waals surface area contributed by atoms with E-state index in [1.807, 2.05) is 26.8 Å². The number of nitrogens with two attached hydrogens (primary N) is 1. The van der Waals surface area contributed by atoms with Gasteiger partial charge in [0.05, 0.1) is 29.3 Å². The van der Waals surface area contributed by atoms with E-state index in [2.05, 4.69) is 15.1 Å². The van der Waals surface area contributed by atoms with Crippen LogP contribution < -0.4 is 5.73 Å². The van der Waals surface area contributed by atoms with Crippen molar-refractivity contribution < 1.29 is 9.53 Å². The maximum atomic E-state index is 12.5. The van der Waals surface area contributed by atoms with Crippen molar-refractivity contribution in [2.75, 3.05) is 18.8 Å². The molecule has 0 aromatic carbocycles. The molecule has 1 fully saturated rings. The first-order valence-corrected chi connectivity index (χ1v) is 9.70. The first-order chi connectivity index (χ1) is 13.8. The number of ether oxygens (including phenoxy) is 1. The number of piperidine rings is 1. The van der Waals surface area contributed by atoms with E-state index in [4.69, 9.17) is 15.5 Å². The van der Waals surface area contributed by atoms with Crippen molar-refractivity contribution >= 4 is 17.6 Å². The SMILES string of the molecule is CC(C)(C)OC(=O)N1CCCC(c2cc(N)n3ncc(-c4cnccn4)c3n2)C1. The van der Waals surface area contributed by atoms with Crippen molar-refractivity contribution in [2.45, 2.75) is 45.1 Å². The Morgan fingerprint density at radius 1 is 1.28 bits per heavy atom. The molecule has 29 heavy (non-hydrogen) atoms. The van der Waals surface area contributed by atoms with Gasteiger partial charge in [0.15, 0.2) is 5.65 Å². The number of fused-ring (bicyclic) bond motifs is 1. The number of nitrogens with zero attached hydrogens (tertiary/aromatic N) is 6. The highest BCUT2D eigenvalue weighted by Crippen LogP contribution is 2.30. The van der Waals surface area contributed by atoms with Gasteiger partial charge in [0.25, 0.3) is 0 Å². The van der Waals surface area contributed by atoms with Crippen LogP contribution in [0, 0.1) is 0 Å². The van der Waals surface area contributed by atoms with Crippen LogP contribution in [0.3, 0.4) is 0 Å². The highest BCUT2D eigenvalue weighted by Gasteiger charge is 2.29. The molecule has 3 aromatic rings. The summed E-state index contributed by atoms with van der Waals surface area (Å²) in [5.41, 5.74) is 8.66. The Morgan fingerprint density at radius 3 is 2.83 bits per heavy atom. The van der Waals surface area contributed by atoms with Gasteiger partial charge in [-0.3, -0.25) is 9.97 Å². The van der Waals surface area contributed by atoms with E-state index in [1.165, 1.54) is 0 Å². The van der Waals surface area contributed by atoms with Crippen LogP contribution in [0.1, 0.15) is 45.2 Å². The van der Waals surface area contributed by atoms with Crippen molar-refractivity contribution in [3.63, 3.8) is 0 Å². The van der Waals surface area contributed by atoms with Crippen molar-refractivity contribution in [3.05, 3.63) is 36.5 Å². The second-order valence-corrected chi connectivity index (χ2v) is 8.26. The van der Waals surface area contributed by atoms with Crippen LogP contribution in [0.4, 0.5) is 10.6 Å². The minimum Gasteiger partial charge on any atom is -0.444 e. The summed E-state index contributed by atoms with van der Waals surface area (Å²) in [6, 6.07) is 1.84. The number of amides is 1. The highest BCUT2D eigenvalue weighted by molar-refractivity contribution is 5.75. The van der Waals surface area contributed by atoms with E-state index >= 15 is 0 Å². The van der Waals surface area contributed by atoms with Gasteiger partial charge in [0, 0.05) is 37.5 Å². The first kappa shape index (κ1) is 19.1. The van der Waals surface area contributed by atoms with E-state index in [0.29, 0.717) is 30.2 Å². The molecular weight excluding hydrogens is 370 g/mol. The monoisotopic (exact) mass is 395 g/mol. The zero-order valence-corrected chi connectivity index (χ0v) is 16.9. The minimum absolute atomic E-state index is 0.0770. The smallest absolute Gasteiger partial charge is 0.410 e. The number of aromatic nitrogens is 5. The maximum absolute atomic E-state index is 12.5. The third-order valence-electron chi connectivity index (χ3n) is 4.85. The topological polar surface area (TPSA) is 112 Å². The molecule has 152 valence electrons. The van der Waals surface area contributed by atoms with Crippen LogP contribution >= 0.6 is 0 Å². The van der Waals surface area contributed by atoms with E-state index in [1.54, 1.807) is 34.2 Å². The molecule has 3 aromatic heterocycles. The first-order valence-electron chi connectivity index (χ1n) is 9.70. The zero-order chi connectivity index (χ0) is 20.6. The lowest BCUT2D eigenvalue weighted by atomic mass is 9.94. The number of rotatable bonds is 2. The average Bonchev–Trinajstić information content (AvgIpc) is 3.12. The van der Waals surface area contributed by atoms with Crippen LogP contribution in [-0.4, -0.2) is 54.2 Å². The van der Waals surface area contributed by atoms with Gasteiger partial charge >= 0.3 is 6.09 Å². The second-order valence-electron chi connectivity index (χ2n) is 8.26. The number of likely N-dealkylation sites (tertiary alicyclic amines) is 1. The number of carbonyl (C=O) groups is 1. The molecule has 1 aliphatic rings. The summed E-state index contributed by atoms with van der Waals surface area (Å²) in [6.45, 7) is 6.84. The molecule has 4 rings (SSSR count). The quantitative estimate of drug-likeness (QED) is 0.710. The van der Waals surface area contributed by atoms with Crippen LogP contribution in [0.2, 0.25) is 0 Å². The molecule has 1 atom stereocenters. The molecule has 9 heteroatoms. The van der Waals surface area contributed by atoms with Crippen LogP contribution in [-0.2, 0) is 4.74 Å². The van der Waals surface area contributed by atoms with Crippen molar-refractivity contribution in [1.82, 2.24) is 29.5 Å². The Morgan fingerprint density at radius 2 is 2.10 bits per heavy atom. The lowest BCUT2D eigenvalue weighted by Gasteiger charge is -2.34. The van der Waals surface area contributed by atoms with Gasteiger partial charge in [0.1, 0.15) is 11.4 Å². The van der Waals surface area contributed by atoms with Crippen molar-refractivity contribution in [3.8, 4) is 11.3 Å². The van der Waals surface area contributed by atoms with E-state index in [9.17, 15) is 4.79 Å². The van der Waals surface area contributed by atoms with Crippen LogP contribution in [0.5, 0.6) is 0 Å². The molecule has 1 saturated heterocycles. The molecule has 0 saturated carbocycles. The normalized spacial score (nSPS) is 17.5. The number of anilines is 1. The van der Waals surface area contributed by atoms with Gasteiger partial charge in [-0.25, -0.2) is 9.78 Å². The third-order valence-corrected chi connectivity index (χ3v) is 4.85. The molecule has 2 N–H and O–H groups in total. The fraction of sp³-hybridized carbons (Fsp3) is 0.450. The van der Waals surface area contributed by atoms with Crippen molar-refractivity contribution in [1.29, 1.82) is 0 Å². The lowest BCUT2D eigenvalue weighted by molar-refractivity contribution is 0.0197. The van der Waals surface area contributed by atoms with Crippen LogP contribution in [0.25, 0.3) is 16.9 Å². The molecule has 0 aliphatic carbocycles. The Labute approximate surface area is 168 Å². The molecule has 1 amide bonds. The fourth-order valence-corrected chi connectivity index (χ4v) is 3.54. The third kappa shape index (κ3) is 3.98. The molecule has 9 nitrogen and oxygen atoms in total. The standard InChI is InChI=1S/C20H25N7O2/c1-20(2,3)29-19(28)26-8-4-5-13(12-26)15-9-17(21)27-18(25-15)14(10-24-27)16-11-22-6-7-23-16/h6-7,9-11,13H,4-5,8,12,21H2,1-3H3. The summed E-state index contributed by atoms with van der Waals surface area (Å²) in [4.78, 5) is 27.6. The predicted molar refractivity (Wildman–Crippen MR) is 108 cm³/mol. The van der Waals surface area contributed by atoms with E-state index in [0.717, 1.165) is 24.1 Å². The number of hydrogen-bond donors (Lipinski definition) is 1. The van der Waals surface area contributed by atoms with Gasteiger partial charge in [0.2, 0.25) is 0 Å². The summed E-state index contributed by atoms with van der Waals surface area (Å²) in [7, 11) is 0. The Balaban J connectivity index is 1.64. The van der Waals surface area contributed by atoms with Gasteiger partial charge in [-0.05, 0) is 33.6 Å². The number of hydrogen-bond acceptors (Lipinski definition) is 7. The zero-order valence-electron chi connectivity index (χ0n) is 16.9. The summed E-state index contributed by atoms with van der Waals surface area (Å²) in [6.07, 6.45) is 8.14. The summed E-state index contributed by atoms with van der Waals surface area (Å²) in [5, 5.41) is 4.34. The van der Waals surface area contributed by atoms with E-state index < -0.39 is 5.60 Å². The molecule has 0 radical (unpaired) electrons. The highest BCUT2D eigenvalue weighted by atomic mass is 16.6. The second kappa shape index (κ2) is 7.31. The molecule has 1 aliphatic heterocycles. The summed E-state index contributed by atoms with van der Waals surface area (Å²) < 4.78 is 7.13. The molecule has 0 spiro atoms. The predicted octanol–water partition coefficient (Wildman–Crippen LogP) is 2.88.